The average Bonchev–Trinajstić information content (AvgIpc) is 3.31. The lowest BCUT2D eigenvalue weighted by Crippen LogP contribution is -2.25. The van der Waals surface area contributed by atoms with Crippen LogP contribution in [0.3, 0.4) is 0 Å². The fourth-order valence-electron chi connectivity index (χ4n) is 4.06. The molecular weight excluding hydrogens is 406 g/mol. The maximum Gasteiger partial charge on any atom is 0.226 e. The molecule has 0 saturated heterocycles. The number of rotatable bonds is 5. The number of fused-ring (bicyclic) bond motifs is 2. The monoisotopic (exact) mass is 431 g/mol. The highest BCUT2D eigenvalue weighted by atomic mass is 16.5. The van der Waals surface area contributed by atoms with Gasteiger partial charge in [0.05, 0.1) is 12.3 Å². The fourth-order valence-corrected chi connectivity index (χ4v) is 4.06. The highest BCUT2D eigenvalue weighted by molar-refractivity contribution is 5.95. The second-order valence-electron chi connectivity index (χ2n) is 8.55. The molecule has 0 unspecified atom stereocenters. The van der Waals surface area contributed by atoms with Crippen molar-refractivity contribution in [3.63, 3.8) is 0 Å². The third-order valence-electron chi connectivity index (χ3n) is 5.59. The standard InChI is InChI=1S/C23H25N7O2/c1-13(2)12-32-17-7-5-16(6-8-17)18-11-21(31)24-23-22(18)14(3)27-30(23)20-10-9-19-26-25-15(4)29(19)28-20/h5-10,13,18H,11-12H2,1-4H3,(H,24,31)/t18-/m0/s1. The van der Waals surface area contributed by atoms with Crippen LogP contribution in [0.15, 0.2) is 36.4 Å². The van der Waals surface area contributed by atoms with Gasteiger partial charge < -0.3 is 10.1 Å². The van der Waals surface area contributed by atoms with Crippen LogP contribution in [0.2, 0.25) is 0 Å². The van der Waals surface area contributed by atoms with Crippen molar-refractivity contribution < 1.29 is 9.53 Å². The van der Waals surface area contributed by atoms with Crippen LogP contribution in [0.1, 0.15) is 48.8 Å². The number of hydrogen-bond donors (Lipinski definition) is 1. The van der Waals surface area contributed by atoms with E-state index in [4.69, 9.17) is 9.84 Å². The summed E-state index contributed by atoms with van der Waals surface area (Å²) in [4.78, 5) is 12.6. The molecule has 164 valence electrons. The number of carbonyl (C=O) groups is 1. The van der Waals surface area contributed by atoms with E-state index in [1.807, 2.05) is 50.2 Å². The van der Waals surface area contributed by atoms with Gasteiger partial charge in [0.1, 0.15) is 11.6 Å². The van der Waals surface area contributed by atoms with Gasteiger partial charge in [-0.25, -0.2) is 0 Å². The van der Waals surface area contributed by atoms with Crippen LogP contribution in [0.5, 0.6) is 5.75 Å². The van der Waals surface area contributed by atoms with Crippen molar-refractivity contribution in [2.24, 2.45) is 5.92 Å². The largest absolute Gasteiger partial charge is 0.493 e. The number of hydrogen-bond acceptors (Lipinski definition) is 6. The van der Waals surface area contributed by atoms with Gasteiger partial charge in [0.2, 0.25) is 5.91 Å². The molecule has 1 aliphatic rings. The molecule has 0 fully saturated rings. The second kappa shape index (κ2) is 7.74. The summed E-state index contributed by atoms with van der Waals surface area (Å²) in [6.07, 6.45) is 0.364. The molecule has 1 aromatic carbocycles. The molecule has 1 aliphatic heterocycles. The van der Waals surface area contributed by atoms with Gasteiger partial charge in [0, 0.05) is 17.9 Å². The van der Waals surface area contributed by atoms with Gasteiger partial charge in [0.15, 0.2) is 17.3 Å². The molecule has 9 nitrogen and oxygen atoms in total. The van der Waals surface area contributed by atoms with Crippen LogP contribution in [0.25, 0.3) is 11.5 Å². The van der Waals surface area contributed by atoms with E-state index in [-0.39, 0.29) is 11.8 Å². The molecule has 9 heteroatoms. The van der Waals surface area contributed by atoms with Crippen molar-refractivity contribution in [1.29, 1.82) is 0 Å². The first-order valence-corrected chi connectivity index (χ1v) is 10.7. The summed E-state index contributed by atoms with van der Waals surface area (Å²) in [7, 11) is 0. The van der Waals surface area contributed by atoms with Gasteiger partial charge >= 0.3 is 0 Å². The number of aryl methyl sites for hydroxylation is 2. The minimum atomic E-state index is -0.0907. The van der Waals surface area contributed by atoms with Crippen molar-refractivity contribution in [3.8, 4) is 11.6 Å². The topological polar surface area (TPSA) is 99.2 Å². The molecule has 5 rings (SSSR count). The van der Waals surface area contributed by atoms with E-state index in [2.05, 4.69) is 34.5 Å². The summed E-state index contributed by atoms with van der Waals surface area (Å²) in [6.45, 7) is 8.71. The number of amides is 1. The lowest BCUT2D eigenvalue weighted by Gasteiger charge is -2.24. The van der Waals surface area contributed by atoms with E-state index in [0.29, 0.717) is 42.1 Å². The number of nitrogens with zero attached hydrogens (tertiary/aromatic N) is 6. The first-order valence-electron chi connectivity index (χ1n) is 10.7. The Balaban J connectivity index is 1.53. The molecule has 0 aliphatic carbocycles. The highest BCUT2D eigenvalue weighted by Crippen LogP contribution is 2.40. The van der Waals surface area contributed by atoms with Crippen molar-refractivity contribution in [3.05, 3.63) is 59.0 Å². The Morgan fingerprint density at radius 1 is 1.09 bits per heavy atom. The molecular formula is C23H25N7O2. The number of nitrogens with one attached hydrogen (secondary N) is 1. The van der Waals surface area contributed by atoms with Gasteiger partial charge in [-0.1, -0.05) is 26.0 Å². The number of aromatic nitrogens is 6. The normalized spacial score (nSPS) is 15.8. The Labute approximate surface area is 185 Å². The van der Waals surface area contributed by atoms with Gasteiger partial charge in [-0.3, -0.25) is 4.79 Å². The van der Waals surface area contributed by atoms with Crippen molar-refractivity contribution in [2.75, 3.05) is 11.9 Å². The fraction of sp³-hybridized carbons (Fsp3) is 0.348. The van der Waals surface area contributed by atoms with Crippen LogP contribution >= 0.6 is 0 Å². The van der Waals surface area contributed by atoms with E-state index in [1.54, 1.807) is 9.20 Å². The highest BCUT2D eigenvalue weighted by Gasteiger charge is 2.33. The van der Waals surface area contributed by atoms with Gasteiger partial charge in [-0.2, -0.15) is 14.3 Å². The van der Waals surface area contributed by atoms with Crippen molar-refractivity contribution >= 4 is 17.4 Å². The van der Waals surface area contributed by atoms with E-state index in [0.717, 1.165) is 22.6 Å². The number of ether oxygens (including phenoxy) is 1. The predicted octanol–water partition coefficient (Wildman–Crippen LogP) is 3.44. The summed E-state index contributed by atoms with van der Waals surface area (Å²) in [5, 5.41) is 20.5. The third kappa shape index (κ3) is 3.49. The summed E-state index contributed by atoms with van der Waals surface area (Å²) in [5.74, 6) is 3.07. The van der Waals surface area contributed by atoms with Crippen LogP contribution in [0.4, 0.5) is 5.82 Å². The van der Waals surface area contributed by atoms with E-state index in [9.17, 15) is 4.79 Å². The zero-order chi connectivity index (χ0) is 22.4. The molecule has 32 heavy (non-hydrogen) atoms. The summed E-state index contributed by atoms with van der Waals surface area (Å²) in [5.41, 5.74) is 3.57. The maximum absolute atomic E-state index is 12.6. The Hall–Kier alpha value is -3.75. The summed E-state index contributed by atoms with van der Waals surface area (Å²) < 4.78 is 9.16. The summed E-state index contributed by atoms with van der Waals surface area (Å²) >= 11 is 0. The van der Waals surface area contributed by atoms with E-state index >= 15 is 0 Å². The number of carbonyl (C=O) groups excluding carboxylic acids is 1. The van der Waals surface area contributed by atoms with Crippen LogP contribution in [-0.2, 0) is 4.79 Å². The first-order chi connectivity index (χ1) is 15.4. The molecule has 1 atom stereocenters. The van der Waals surface area contributed by atoms with Gasteiger partial charge in [-0.15, -0.1) is 15.3 Å². The second-order valence-corrected chi connectivity index (χ2v) is 8.55. The Morgan fingerprint density at radius 3 is 2.62 bits per heavy atom. The van der Waals surface area contributed by atoms with Crippen molar-refractivity contribution in [2.45, 2.75) is 40.0 Å². The minimum absolute atomic E-state index is 0.0506. The lowest BCUT2D eigenvalue weighted by atomic mass is 9.86. The predicted molar refractivity (Wildman–Crippen MR) is 119 cm³/mol. The maximum atomic E-state index is 12.6. The molecule has 0 bridgehead atoms. The Morgan fingerprint density at radius 2 is 1.88 bits per heavy atom. The quantitative estimate of drug-likeness (QED) is 0.520. The number of anilines is 1. The molecule has 0 spiro atoms. The molecule has 1 amide bonds. The zero-order valence-electron chi connectivity index (χ0n) is 18.5. The van der Waals surface area contributed by atoms with Gasteiger partial charge in [-0.05, 0) is 49.6 Å². The van der Waals surface area contributed by atoms with E-state index < -0.39 is 0 Å². The van der Waals surface area contributed by atoms with Crippen LogP contribution < -0.4 is 10.1 Å². The van der Waals surface area contributed by atoms with E-state index in [1.165, 1.54) is 0 Å². The zero-order valence-corrected chi connectivity index (χ0v) is 18.5. The molecule has 3 aromatic heterocycles. The molecule has 1 N–H and O–H groups in total. The third-order valence-corrected chi connectivity index (χ3v) is 5.59. The minimum Gasteiger partial charge on any atom is -0.493 e. The molecule has 0 radical (unpaired) electrons. The Bertz CT molecular complexity index is 1300. The van der Waals surface area contributed by atoms with Gasteiger partial charge in [0.25, 0.3) is 0 Å². The number of benzene rings is 1. The molecule has 0 saturated carbocycles. The SMILES string of the molecule is Cc1nn(-c2ccc3nnc(C)n3n2)c2c1[C@H](c1ccc(OCC(C)C)cc1)CC(=O)N2. The lowest BCUT2D eigenvalue weighted by molar-refractivity contribution is -0.116. The molecule has 4 aromatic rings. The summed E-state index contributed by atoms with van der Waals surface area (Å²) in [6, 6.07) is 11.7. The van der Waals surface area contributed by atoms with Crippen LogP contribution in [-0.4, -0.2) is 42.1 Å². The van der Waals surface area contributed by atoms with Crippen LogP contribution in [0, 0.1) is 19.8 Å². The first kappa shape index (κ1) is 20.2. The average molecular weight is 432 g/mol. The molecule has 4 heterocycles. The Kier molecular flexibility index (Phi) is 4.88. The smallest absolute Gasteiger partial charge is 0.226 e. The van der Waals surface area contributed by atoms with Crippen molar-refractivity contribution in [1.82, 2.24) is 29.6 Å².